The average molecular weight is 324 g/mol. The monoisotopic (exact) mass is 324 g/mol. The summed E-state index contributed by atoms with van der Waals surface area (Å²) in [5.41, 5.74) is 2.95. The van der Waals surface area contributed by atoms with Crippen molar-refractivity contribution in [3.05, 3.63) is 42.2 Å². The van der Waals surface area contributed by atoms with Gasteiger partial charge in [-0.05, 0) is 31.0 Å². The van der Waals surface area contributed by atoms with Gasteiger partial charge in [0.25, 0.3) is 0 Å². The van der Waals surface area contributed by atoms with Crippen molar-refractivity contribution < 1.29 is 4.79 Å². The average Bonchev–Trinajstić information content (AvgIpc) is 3.30. The van der Waals surface area contributed by atoms with Crippen LogP contribution < -0.4 is 0 Å². The molecule has 0 spiro atoms. The quantitative estimate of drug-likeness (QED) is 0.795. The molecule has 1 aliphatic rings. The Morgan fingerprint density at radius 1 is 1.29 bits per heavy atom. The number of amides is 1. The summed E-state index contributed by atoms with van der Waals surface area (Å²) in [6.45, 7) is 2.16. The van der Waals surface area contributed by atoms with E-state index in [1.165, 1.54) is 0 Å². The number of fused-ring (bicyclic) bond motifs is 1. The third-order valence-electron chi connectivity index (χ3n) is 4.69. The number of hydrogen-bond donors (Lipinski definition) is 1. The number of para-hydroxylation sites is 1. The van der Waals surface area contributed by atoms with Crippen LogP contribution in [-0.2, 0) is 11.3 Å². The lowest BCUT2D eigenvalue weighted by atomic mass is 9.95. The van der Waals surface area contributed by atoms with E-state index in [4.69, 9.17) is 0 Å². The maximum Gasteiger partial charge on any atom is 0.224 e. The van der Waals surface area contributed by atoms with E-state index in [9.17, 15) is 4.79 Å². The van der Waals surface area contributed by atoms with E-state index in [1.807, 2.05) is 39.9 Å². The second-order valence-corrected chi connectivity index (χ2v) is 6.24. The number of rotatable bonds is 4. The van der Waals surface area contributed by atoms with Crippen LogP contribution in [0.4, 0.5) is 0 Å². The predicted molar refractivity (Wildman–Crippen MR) is 89.3 cm³/mol. The molecule has 2 aromatic heterocycles. The Hall–Kier alpha value is -2.70. The van der Waals surface area contributed by atoms with Gasteiger partial charge in [0.2, 0.25) is 5.91 Å². The van der Waals surface area contributed by atoms with Crippen LogP contribution in [0, 0.1) is 0 Å². The minimum Gasteiger partial charge on any atom is -0.342 e. The molecule has 0 unspecified atom stereocenters. The van der Waals surface area contributed by atoms with Crippen molar-refractivity contribution in [2.24, 2.45) is 0 Å². The summed E-state index contributed by atoms with van der Waals surface area (Å²) in [7, 11) is 0. The van der Waals surface area contributed by atoms with E-state index in [0.29, 0.717) is 18.9 Å². The zero-order valence-electron chi connectivity index (χ0n) is 13.4. The van der Waals surface area contributed by atoms with Gasteiger partial charge in [-0.3, -0.25) is 9.89 Å². The Balaban J connectivity index is 1.39. The van der Waals surface area contributed by atoms with Crippen molar-refractivity contribution in [2.45, 2.75) is 31.7 Å². The van der Waals surface area contributed by atoms with Gasteiger partial charge in [0.1, 0.15) is 5.52 Å². The van der Waals surface area contributed by atoms with Crippen LogP contribution in [0.3, 0.4) is 0 Å². The molecule has 0 bridgehead atoms. The van der Waals surface area contributed by atoms with Crippen molar-refractivity contribution in [2.75, 3.05) is 13.1 Å². The van der Waals surface area contributed by atoms with Gasteiger partial charge in [0, 0.05) is 37.3 Å². The number of nitrogens with zero attached hydrogens (tertiary/aromatic N) is 5. The summed E-state index contributed by atoms with van der Waals surface area (Å²) < 4.78 is 1.81. The first-order valence-corrected chi connectivity index (χ1v) is 8.36. The predicted octanol–water partition coefficient (Wildman–Crippen LogP) is 1.95. The lowest BCUT2D eigenvalue weighted by Gasteiger charge is -2.32. The van der Waals surface area contributed by atoms with E-state index >= 15 is 0 Å². The molecule has 3 heterocycles. The van der Waals surface area contributed by atoms with Crippen molar-refractivity contribution in [1.29, 1.82) is 0 Å². The molecule has 24 heavy (non-hydrogen) atoms. The minimum atomic E-state index is 0.179. The van der Waals surface area contributed by atoms with Gasteiger partial charge in [0.15, 0.2) is 0 Å². The lowest BCUT2D eigenvalue weighted by Crippen LogP contribution is -2.39. The Kier molecular flexibility index (Phi) is 3.98. The largest absolute Gasteiger partial charge is 0.342 e. The molecule has 3 aromatic rings. The molecular weight excluding hydrogens is 304 g/mol. The highest BCUT2D eigenvalue weighted by molar-refractivity contribution is 5.77. The van der Waals surface area contributed by atoms with Crippen LogP contribution >= 0.6 is 0 Å². The maximum atomic E-state index is 12.6. The number of aromatic amines is 1. The fourth-order valence-corrected chi connectivity index (χ4v) is 3.39. The highest BCUT2D eigenvalue weighted by Gasteiger charge is 2.25. The van der Waals surface area contributed by atoms with Gasteiger partial charge in [-0.2, -0.15) is 5.10 Å². The van der Waals surface area contributed by atoms with Crippen LogP contribution in [0.2, 0.25) is 0 Å². The molecule has 1 N–H and O–H groups in total. The van der Waals surface area contributed by atoms with Crippen LogP contribution in [0.15, 0.2) is 36.5 Å². The van der Waals surface area contributed by atoms with E-state index in [0.717, 1.165) is 42.7 Å². The van der Waals surface area contributed by atoms with Crippen LogP contribution in [-0.4, -0.2) is 49.1 Å². The number of piperidine rings is 1. The van der Waals surface area contributed by atoms with Crippen molar-refractivity contribution in [3.8, 4) is 0 Å². The molecule has 1 amide bonds. The second-order valence-electron chi connectivity index (χ2n) is 6.24. The molecule has 0 radical (unpaired) electrons. The van der Waals surface area contributed by atoms with Gasteiger partial charge in [-0.15, -0.1) is 5.10 Å². The van der Waals surface area contributed by atoms with E-state index in [1.54, 1.807) is 6.20 Å². The zero-order valence-corrected chi connectivity index (χ0v) is 13.4. The molecule has 1 saturated heterocycles. The molecular formula is C17H20N6O. The first-order chi connectivity index (χ1) is 11.8. The highest BCUT2D eigenvalue weighted by Crippen LogP contribution is 2.25. The third kappa shape index (κ3) is 2.89. The van der Waals surface area contributed by atoms with Gasteiger partial charge >= 0.3 is 0 Å². The molecule has 7 nitrogen and oxygen atoms in total. The molecule has 0 aliphatic carbocycles. The fraction of sp³-hybridized carbons (Fsp3) is 0.412. The second kappa shape index (κ2) is 6.43. The number of hydrogen-bond acceptors (Lipinski definition) is 4. The van der Waals surface area contributed by atoms with Crippen molar-refractivity contribution in [1.82, 2.24) is 30.1 Å². The number of carbonyl (C=O) groups excluding carboxylic acids is 1. The summed E-state index contributed by atoms with van der Waals surface area (Å²) in [5, 5.41) is 15.3. The number of H-pyrrole nitrogens is 1. The summed E-state index contributed by atoms with van der Waals surface area (Å²) in [4.78, 5) is 14.5. The van der Waals surface area contributed by atoms with E-state index < -0.39 is 0 Å². The number of likely N-dealkylation sites (tertiary alicyclic amines) is 1. The molecule has 124 valence electrons. The molecule has 1 atom stereocenters. The smallest absolute Gasteiger partial charge is 0.224 e. The summed E-state index contributed by atoms with van der Waals surface area (Å²) >= 11 is 0. The number of benzene rings is 1. The molecule has 1 fully saturated rings. The fourth-order valence-electron chi connectivity index (χ4n) is 3.39. The van der Waals surface area contributed by atoms with Crippen LogP contribution in [0.1, 0.15) is 30.9 Å². The highest BCUT2D eigenvalue weighted by atomic mass is 16.2. The maximum absolute atomic E-state index is 12.6. The van der Waals surface area contributed by atoms with Crippen LogP contribution in [0.5, 0.6) is 0 Å². The molecule has 4 rings (SSSR count). The van der Waals surface area contributed by atoms with Crippen LogP contribution in [0.25, 0.3) is 11.0 Å². The molecule has 1 aliphatic heterocycles. The van der Waals surface area contributed by atoms with E-state index in [2.05, 4.69) is 20.5 Å². The Morgan fingerprint density at radius 3 is 3.08 bits per heavy atom. The normalized spacial score (nSPS) is 18.2. The number of nitrogens with one attached hydrogen (secondary N) is 1. The first-order valence-electron chi connectivity index (χ1n) is 8.36. The van der Waals surface area contributed by atoms with Gasteiger partial charge in [0.05, 0.1) is 12.1 Å². The topological polar surface area (TPSA) is 79.7 Å². The van der Waals surface area contributed by atoms with Crippen molar-refractivity contribution in [3.63, 3.8) is 0 Å². The van der Waals surface area contributed by atoms with Gasteiger partial charge in [-0.1, -0.05) is 17.3 Å². The standard InChI is InChI=1S/C17H20N6O/c24-17(8-11-23-16-6-2-1-5-15(16)20-21-23)22-10-3-4-13(12-22)14-7-9-18-19-14/h1-2,5-7,9,13H,3-4,8,10-12H2,(H,18,19)/t13-/m0/s1. The summed E-state index contributed by atoms with van der Waals surface area (Å²) in [6, 6.07) is 9.81. The molecule has 0 saturated carbocycles. The Bertz CT molecular complexity index is 825. The zero-order chi connectivity index (χ0) is 16.4. The number of aromatic nitrogens is 5. The minimum absolute atomic E-state index is 0.179. The summed E-state index contributed by atoms with van der Waals surface area (Å²) in [6.07, 6.45) is 4.34. The number of aryl methyl sites for hydroxylation is 1. The third-order valence-corrected chi connectivity index (χ3v) is 4.69. The first kappa shape index (κ1) is 14.9. The Morgan fingerprint density at radius 2 is 2.21 bits per heavy atom. The molecule has 1 aromatic carbocycles. The molecule has 7 heteroatoms. The van der Waals surface area contributed by atoms with Gasteiger partial charge in [-0.25, -0.2) is 4.68 Å². The SMILES string of the molecule is O=C(CCn1nnc2ccccc21)N1CCC[C@H](c2ccn[nH]2)C1. The van der Waals surface area contributed by atoms with Gasteiger partial charge < -0.3 is 4.90 Å². The van der Waals surface area contributed by atoms with Crippen molar-refractivity contribution >= 4 is 16.9 Å². The Labute approximate surface area is 139 Å². The lowest BCUT2D eigenvalue weighted by molar-refractivity contribution is -0.132. The number of carbonyl (C=O) groups is 1. The van der Waals surface area contributed by atoms with E-state index in [-0.39, 0.29) is 5.91 Å². The summed E-state index contributed by atoms with van der Waals surface area (Å²) in [5.74, 6) is 0.538.